The van der Waals surface area contributed by atoms with E-state index in [-0.39, 0.29) is 11.2 Å². The van der Waals surface area contributed by atoms with Crippen molar-refractivity contribution in [3.8, 4) is 0 Å². The molecule has 0 saturated carbocycles. The molecule has 0 radical (unpaired) electrons. The van der Waals surface area contributed by atoms with Gasteiger partial charge in [-0.3, -0.25) is 0 Å². The van der Waals surface area contributed by atoms with E-state index < -0.39 is 10.0 Å². The van der Waals surface area contributed by atoms with E-state index in [1.165, 1.54) is 0 Å². The molecule has 0 spiro atoms. The molecule has 18 heavy (non-hydrogen) atoms. The summed E-state index contributed by atoms with van der Waals surface area (Å²) in [5, 5.41) is -0.352. The van der Waals surface area contributed by atoms with E-state index in [1.807, 2.05) is 6.92 Å². The molecule has 1 aliphatic rings. The zero-order valence-electron chi connectivity index (χ0n) is 11.2. The van der Waals surface area contributed by atoms with Crippen LogP contribution in [0, 0.1) is 6.92 Å². The van der Waals surface area contributed by atoms with Crippen molar-refractivity contribution in [3.05, 3.63) is 17.7 Å². The van der Waals surface area contributed by atoms with Crippen LogP contribution < -0.4 is 0 Å². The molecular formula is C12H21N3O2S. The van der Waals surface area contributed by atoms with Crippen LogP contribution in [-0.2, 0) is 10.0 Å². The van der Waals surface area contributed by atoms with E-state index in [0.717, 1.165) is 24.4 Å². The summed E-state index contributed by atoms with van der Waals surface area (Å²) < 4.78 is 25.9. The Morgan fingerprint density at radius 2 is 2.22 bits per heavy atom. The Labute approximate surface area is 109 Å². The number of rotatable bonds is 3. The predicted octanol–water partition coefficient (Wildman–Crippen LogP) is 1.64. The minimum Gasteiger partial charge on any atom is -0.346 e. The fourth-order valence-electron chi connectivity index (χ4n) is 2.34. The number of imidazole rings is 1. The number of aromatic amines is 1. The second kappa shape index (κ2) is 5.01. The van der Waals surface area contributed by atoms with Gasteiger partial charge in [-0.15, -0.1) is 0 Å². The first kappa shape index (κ1) is 13.5. The highest BCUT2D eigenvalue weighted by Crippen LogP contribution is 2.27. The second-order valence-corrected chi connectivity index (χ2v) is 7.73. The van der Waals surface area contributed by atoms with Crippen molar-refractivity contribution in [1.29, 1.82) is 0 Å². The van der Waals surface area contributed by atoms with Gasteiger partial charge in [0.15, 0.2) is 0 Å². The molecule has 0 amide bonds. The molecule has 102 valence electrons. The maximum atomic E-state index is 12.2. The summed E-state index contributed by atoms with van der Waals surface area (Å²) in [4.78, 5) is 7.54. The van der Waals surface area contributed by atoms with E-state index in [0.29, 0.717) is 13.1 Å². The van der Waals surface area contributed by atoms with Gasteiger partial charge in [-0.25, -0.2) is 17.7 Å². The zero-order valence-corrected chi connectivity index (χ0v) is 12.0. The number of nitrogens with one attached hydrogen (secondary N) is 1. The van der Waals surface area contributed by atoms with Gasteiger partial charge >= 0.3 is 0 Å². The molecule has 1 aromatic rings. The number of sulfonamides is 1. The average molecular weight is 271 g/mol. The van der Waals surface area contributed by atoms with Crippen molar-refractivity contribution >= 4 is 10.0 Å². The average Bonchev–Trinajstić information content (AvgIpc) is 2.76. The van der Waals surface area contributed by atoms with Gasteiger partial charge in [-0.05, 0) is 33.6 Å². The number of hydrogen-bond acceptors (Lipinski definition) is 3. The lowest BCUT2D eigenvalue weighted by molar-refractivity contribution is 0.308. The largest absolute Gasteiger partial charge is 0.346 e. The number of nitrogens with zero attached hydrogens (tertiary/aromatic N) is 2. The lowest BCUT2D eigenvalue weighted by Crippen LogP contribution is -2.42. The lowest BCUT2D eigenvalue weighted by Gasteiger charge is -2.32. The zero-order chi connectivity index (χ0) is 13.3. The first-order valence-electron chi connectivity index (χ1n) is 6.41. The standard InChI is InChI=1S/C12H21N3O2S/c1-9(2)18(16,17)15-6-4-5-11(8-15)12-13-7-10(3)14-12/h7,9,11H,4-6,8H2,1-3H3,(H,13,14)/t11-/m0/s1. The van der Waals surface area contributed by atoms with E-state index >= 15 is 0 Å². The Morgan fingerprint density at radius 3 is 2.78 bits per heavy atom. The molecule has 6 heteroatoms. The van der Waals surface area contributed by atoms with Crippen molar-refractivity contribution in [2.45, 2.75) is 44.8 Å². The molecule has 5 nitrogen and oxygen atoms in total. The molecular weight excluding hydrogens is 250 g/mol. The quantitative estimate of drug-likeness (QED) is 0.908. The van der Waals surface area contributed by atoms with E-state index in [2.05, 4.69) is 9.97 Å². The van der Waals surface area contributed by atoms with Crippen LogP contribution in [0.25, 0.3) is 0 Å². The van der Waals surface area contributed by atoms with Crippen molar-refractivity contribution in [2.75, 3.05) is 13.1 Å². The molecule has 1 aromatic heterocycles. The highest BCUT2D eigenvalue weighted by molar-refractivity contribution is 7.89. The minimum absolute atomic E-state index is 0.195. The summed E-state index contributed by atoms with van der Waals surface area (Å²) in [6.45, 7) is 6.61. The van der Waals surface area contributed by atoms with E-state index in [1.54, 1.807) is 24.3 Å². The summed E-state index contributed by atoms with van der Waals surface area (Å²) >= 11 is 0. The van der Waals surface area contributed by atoms with E-state index in [9.17, 15) is 8.42 Å². The van der Waals surface area contributed by atoms with Crippen LogP contribution in [0.1, 0.15) is 44.1 Å². The molecule has 1 saturated heterocycles. The Balaban J connectivity index is 2.14. The molecule has 2 heterocycles. The third-order valence-electron chi connectivity index (χ3n) is 3.45. The number of H-pyrrole nitrogens is 1. The van der Waals surface area contributed by atoms with Crippen LogP contribution in [0.4, 0.5) is 0 Å². The van der Waals surface area contributed by atoms with Crippen molar-refractivity contribution in [2.24, 2.45) is 0 Å². The van der Waals surface area contributed by atoms with Gasteiger partial charge < -0.3 is 4.98 Å². The predicted molar refractivity (Wildman–Crippen MR) is 70.9 cm³/mol. The Morgan fingerprint density at radius 1 is 1.50 bits per heavy atom. The van der Waals surface area contributed by atoms with Crippen LogP contribution in [0.2, 0.25) is 0 Å². The molecule has 0 bridgehead atoms. The van der Waals surface area contributed by atoms with Gasteiger partial charge in [0, 0.05) is 30.9 Å². The molecule has 2 rings (SSSR count). The SMILES string of the molecule is Cc1cnc([C@H]2CCCN(S(=O)(=O)C(C)C)C2)[nH]1. The Bertz CT molecular complexity index is 507. The molecule has 1 aliphatic heterocycles. The van der Waals surface area contributed by atoms with Gasteiger partial charge in [0.25, 0.3) is 0 Å². The Kier molecular flexibility index (Phi) is 3.77. The van der Waals surface area contributed by atoms with Gasteiger partial charge in [-0.1, -0.05) is 0 Å². The summed E-state index contributed by atoms with van der Waals surface area (Å²) in [6, 6.07) is 0. The van der Waals surface area contributed by atoms with Crippen LogP contribution in [0.15, 0.2) is 6.20 Å². The maximum Gasteiger partial charge on any atom is 0.216 e. The fourth-order valence-corrected chi connectivity index (χ4v) is 3.70. The summed E-state index contributed by atoms with van der Waals surface area (Å²) in [5.74, 6) is 1.11. The molecule has 1 N–H and O–H groups in total. The second-order valence-electron chi connectivity index (χ2n) is 5.24. The number of aromatic nitrogens is 2. The summed E-state index contributed by atoms with van der Waals surface area (Å²) in [7, 11) is -3.14. The summed E-state index contributed by atoms with van der Waals surface area (Å²) in [6.07, 6.45) is 3.69. The molecule has 0 aliphatic carbocycles. The van der Waals surface area contributed by atoms with Crippen molar-refractivity contribution in [1.82, 2.24) is 14.3 Å². The maximum absolute atomic E-state index is 12.2. The molecule has 1 fully saturated rings. The third-order valence-corrected chi connectivity index (χ3v) is 5.69. The topological polar surface area (TPSA) is 66.1 Å². The normalized spacial score (nSPS) is 22.6. The smallest absolute Gasteiger partial charge is 0.216 e. The number of piperidine rings is 1. The molecule has 0 unspecified atom stereocenters. The van der Waals surface area contributed by atoms with Crippen LogP contribution in [-0.4, -0.2) is 41.0 Å². The highest BCUT2D eigenvalue weighted by atomic mass is 32.2. The monoisotopic (exact) mass is 271 g/mol. The van der Waals surface area contributed by atoms with Gasteiger partial charge in [0.1, 0.15) is 5.82 Å². The molecule has 0 aromatic carbocycles. The highest BCUT2D eigenvalue weighted by Gasteiger charge is 2.32. The van der Waals surface area contributed by atoms with Crippen molar-refractivity contribution in [3.63, 3.8) is 0 Å². The van der Waals surface area contributed by atoms with Crippen molar-refractivity contribution < 1.29 is 8.42 Å². The van der Waals surface area contributed by atoms with Gasteiger partial charge in [0.05, 0.1) is 5.25 Å². The third kappa shape index (κ3) is 2.59. The van der Waals surface area contributed by atoms with Crippen LogP contribution in [0.5, 0.6) is 0 Å². The first-order valence-corrected chi connectivity index (χ1v) is 7.92. The van der Waals surface area contributed by atoms with E-state index in [4.69, 9.17) is 0 Å². The molecule has 1 atom stereocenters. The number of hydrogen-bond donors (Lipinski definition) is 1. The number of aryl methyl sites for hydroxylation is 1. The summed E-state index contributed by atoms with van der Waals surface area (Å²) in [5.41, 5.74) is 1.02. The fraction of sp³-hybridized carbons (Fsp3) is 0.750. The van der Waals surface area contributed by atoms with Crippen LogP contribution in [0.3, 0.4) is 0 Å². The minimum atomic E-state index is -3.14. The van der Waals surface area contributed by atoms with Gasteiger partial charge in [0.2, 0.25) is 10.0 Å². The Hall–Kier alpha value is -0.880. The van der Waals surface area contributed by atoms with Gasteiger partial charge in [-0.2, -0.15) is 0 Å². The van der Waals surface area contributed by atoms with Crippen LogP contribution >= 0.6 is 0 Å². The first-order chi connectivity index (χ1) is 8.41. The lowest BCUT2D eigenvalue weighted by atomic mass is 9.99.